The van der Waals surface area contributed by atoms with E-state index < -0.39 is 47.4 Å². The fourth-order valence-corrected chi connectivity index (χ4v) is 7.69. The van der Waals surface area contributed by atoms with Crippen LogP contribution in [-0.4, -0.2) is 64.8 Å². The predicted octanol–water partition coefficient (Wildman–Crippen LogP) is 3.45. The number of nitrogens with zero attached hydrogens (tertiary/aromatic N) is 1. The maximum absolute atomic E-state index is 14.2. The molecule has 0 aromatic carbocycles. The fourth-order valence-electron chi connectivity index (χ4n) is 7.69. The van der Waals surface area contributed by atoms with Crippen molar-refractivity contribution in [3.05, 3.63) is 0 Å². The van der Waals surface area contributed by atoms with Gasteiger partial charge in [0, 0.05) is 6.54 Å². The maximum atomic E-state index is 14.2. The molecule has 10 nitrogen and oxygen atoms in total. The van der Waals surface area contributed by atoms with Gasteiger partial charge in [-0.1, -0.05) is 65.2 Å². The predicted molar refractivity (Wildman–Crippen MR) is 153 cm³/mol. The van der Waals surface area contributed by atoms with E-state index in [0.29, 0.717) is 13.0 Å². The Labute approximate surface area is 244 Å². The van der Waals surface area contributed by atoms with E-state index in [1.54, 1.807) is 25.7 Å². The molecule has 0 spiro atoms. The van der Waals surface area contributed by atoms with E-state index in [-0.39, 0.29) is 35.0 Å². The first-order chi connectivity index (χ1) is 19.2. The van der Waals surface area contributed by atoms with Gasteiger partial charge < -0.3 is 26.0 Å². The van der Waals surface area contributed by atoms with Crippen molar-refractivity contribution < 1.29 is 28.7 Å². The molecule has 4 amide bonds. The summed E-state index contributed by atoms with van der Waals surface area (Å²) < 4.78 is 5.50. The van der Waals surface area contributed by atoms with E-state index in [4.69, 9.17) is 10.5 Å². The Hall–Kier alpha value is -2.65. The minimum atomic E-state index is -1.06. The molecule has 3 saturated carbocycles. The third-order valence-electron chi connectivity index (χ3n) is 9.99. The smallest absolute Gasteiger partial charge is 0.408 e. The lowest BCUT2D eigenvalue weighted by Crippen LogP contribution is -2.60. The van der Waals surface area contributed by atoms with Crippen molar-refractivity contribution in [1.82, 2.24) is 15.5 Å². The Morgan fingerprint density at radius 3 is 2.07 bits per heavy atom. The van der Waals surface area contributed by atoms with Crippen molar-refractivity contribution in [2.24, 2.45) is 34.8 Å². The van der Waals surface area contributed by atoms with Crippen molar-refractivity contribution in [2.45, 2.75) is 129 Å². The zero-order chi connectivity index (χ0) is 30.1. The monoisotopic (exact) mass is 574 g/mol. The number of ketones is 1. The number of carbonyl (C=O) groups is 5. The van der Waals surface area contributed by atoms with Gasteiger partial charge in [-0.05, 0) is 69.1 Å². The normalized spacial score (nSPS) is 27.7. The summed E-state index contributed by atoms with van der Waals surface area (Å²) >= 11 is 0. The second-order valence-corrected chi connectivity index (χ2v) is 14.4. The summed E-state index contributed by atoms with van der Waals surface area (Å²) in [5.41, 5.74) is 4.53. The lowest BCUT2D eigenvalue weighted by Gasteiger charge is -2.37. The molecule has 5 atom stereocenters. The third kappa shape index (κ3) is 7.23. The zero-order valence-corrected chi connectivity index (χ0v) is 25.5. The number of piperidine rings is 1. The van der Waals surface area contributed by atoms with Crippen LogP contribution in [0.15, 0.2) is 0 Å². The van der Waals surface area contributed by atoms with Gasteiger partial charge in [-0.2, -0.15) is 0 Å². The van der Waals surface area contributed by atoms with E-state index >= 15 is 0 Å². The van der Waals surface area contributed by atoms with Gasteiger partial charge in [-0.15, -0.1) is 0 Å². The average molecular weight is 575 g/mol. The van der Waals surface area contributed by atoms with Gasteiger partial charge in [-0.25, -0.2) is 4.79 Å². The van der Waals surface area contributed by atoms with Crippen molar-refractivity contribution in [2.75, 3.05) is 6.54 Å². The molecule has 3 unspecified atom stereocenters. The molecule has 0 radical (unpaired) electrons. The molecule has 3 aliphatic carbocycles. The summed E-state index contributed by atoms with van der Waals surface area (Å²) in [7, 11) is 0. The SMILES string of the molecule is CC(C)(C)OC(=O)N[C@H](C(=O)N1CC2C([C@H]1C(=O)NC(CC1CCCCC1)C(=O)C(N)=O)C2(C)C)C1CCCCC1. The fraction of sp³-hybridized carbons (Fsp3) is 0.839. The number of Topliss-reactive ketones (excluding diaryl/α,β-unsaturated/α-hetero) is 1. The first kappa shape index (κ1) is 31.3. The standard InChI is InChI=1S/C31H50N4O6/c1-30(2,3)41-29(40)34-23(19-14-10-7-11-15-19)28(39)35-17-20-22(31(20,4)5)24(35)27(38)33-21(25(36)26(32)37)16-18-12-8-6-9-13-18/h18-24H,6-17H2,1-5H3,(H2,32,37)(H,33,38)(H,34,40)/t20?,21?,22?,23-,24-/m0/s1. The Balaban J connectivity index is 1.55. The molecular formula is C31H50N4O6. The van der Waals surface area contributed by atoms with Crippen LogP contribution in [0.3, 0.4) is 0 Å². The topological polar surface area (TPSA) is 148 Å². The molecule has 4 fully saturated rings. The summed E-state index contributed by atoms with van der Waals surface area (Å²) in [5, 5.41) is 5.72. The number of hydrogen-bond donors (Lipinski definition) is 3. The molecule has 230 valence electrons. The quantitative estimate of drug-likeness (QED) is 0.359. The highest BCUT2D eigenvalue weighted by Crippen LogP contribution is 2.65. The Bertz CT molecular complexity index is 1020. The molecule has 41 heavy (non-hydrogen) atoms. The molecule has 4 rings (SSSR count). The summed E-state index contributed by atoms with van der Waals surface area (Å²) in [6, 6.07) is -2.59. The molecular weight excluding hydrogens is 524 g/mol. The third-order valence-corrected chi connectivity index (χ3v) is 9.99. The summed E-state index contributed by atoms with van der Waals surface area (Å²) in [6.45, 7) is 9.92. The zero-order valence-electron chi connectivity index (χ0n) is 25.5. The Morgan fingerprint density at radius 2 is 1.51 bits per heavy atom. The van der Waals surface area contributed by atoms with Crippen LogP contribution in [-0.2, 0) is 23.9 Å². The number of fused-ring (bicyclic) bond motifs is 1. The molecule has 10 heteroatoms. The molecule has 0 aromatic rings. The van der Waals surface area contributed by atoms with Crippen molar-refractivity contribution in [3.8, 4) is 0 Å². The molecule has 0 bridgehead atoms. The van der Waals surface area contributed by atoms with Crippen molar-refractivity contribution >= 4 is 29.6 Å². The van der Waals surface area contributed by atoms with Gasteiger partial charge in [-0.3, -0.25) is 19.2 Å². The number of amides is 4. The largest absolute Gasteiger partial charge is 0.444 e. The van der Waals surface area contributed by atoms with Crippen LogP contribution in [0, 0.1) is 29.1 Å². The van der Waals surface area contributed by atoms with E-state index in [9.17, 15) is 24.0 Å². The van der Waals surface area contributed by atoms with Gasteiger partial charge in [0.25, 0.3) is 5.91 Å². The average Bonchev–Trinajstić information content (AvgIpc) is 3.22. The van der Waals surface area contributed by atoms with Crippen molar-refractivity contribution in [1.29, 1.82) is 0 Å². The number of likely N-dealkylation sites (tertiary alicyclic amines) is 1. The van der Waals surface area contributed by atoms with E-state index in [1.165, 1.54) is 0 Å². The van der Waals surface area contributed by atoms with E-state index in [2.05, 4.69) is 24.5 Å². The minimum absolute atomic E-state index is 0.0482. The number of nitrogens with two attached hydrogens (primary N) is 1. The van der Waals surface area contributed by atoms with E-state index in [0.717, 1.165) is 64.2 Å². The second kappa shape index (κ2) is 12.3. The van der Waals surface area contributed by atoms with Crippen LogP contribution in [0.1, 0.15) is 105 Å². The number of carbonyl (C=O) groups excluding carboxylic acids is 5. The molecule has 1 aliphatic heterocycles. The minimum Gasteiger partial charge on any atom is -0.444 e. The maximum Gasteiger partial charge on any atom is 0.408 e. The van der Waals surface area contributed by atoms with Crippen LogP contribution < -0.4 is 16.4 Å². The molecule has 4 N–H and O–H groups in total. The van der Waals surface area contributed by atoms with Gasteiger partial charge in [0.05, 0.1) is 6.04 Å². The van der Waals surface area contributed by atoms with E-state index in [1.807, 2.05) is 0 Å². The molecule has 1 saturated heterocycles. The molecule has 0 aromatic heterocycles. The van der Waals surface area contributed by atoms with Gasteiger partial charge in [0.2, 0.25) is 17.6 Å². The number of rotatable bonds is 9. The van der Waals surface area contributed by atoms with Crippen LogP contribution in [0.2, 0.25) is 0 Å². The second-order valence-electron chi connectivity index (χ2n) is 14.4. The van der Waals surface area contributed by atoms with Gasteiger partial charge in [0.1, 0.15) is 17.7 Å². The van der Waals surface area contributed by atoms with Crippen LogP contribution in [0.25, 0.3) is 0 Å². The Kier molecular flexibility index (Phi) is 9.38. The molecule has 1 heterocycles. The van der Waals surface area contributed by atoms with Crippen LogP contribution in [0.4, 0.5) is 4.79 Å². The lowest BCUT2D eigenvalue weighted by molar-refractivity contribution is -0.144. The lowest BCUT2D eigenvalue weighted by atomic mass is 9.83. The summed E-state index contributed by atoms with van der Waals surface area (Å²) in [4.78, 5) is 67.3. The van der Waals surface area contributed by atoms with Crippen LogP contribution >= 0.6 is 0 Å². The Morgan fingerprint density at radius 1 is 0.927 bits per heavy atom. The number of primary amides is 1. The van der Waals surface area contributed by atoms with Gasteiger partial charge >= 0.3 is 6.09 Å². The highest BCUT2D eigenvalue weighted by atomic mass is 16.6. The number of alkyl carbamates (subject to hydrolysis) is 1. The number of ether oxygens (including phenoxy) is 1. The number of hydrogen-bond acceptors (Lipinski definition) is 6. The number of nitrogens with one attached hydrogen (secondary N) is 2. The summed E-state index contributed by atoms with van der Waals surface area (Å²) in [5.74, 6) is -2.31. The summed E-state index contributed by atoms with van der Waals surface area (Å²) in [6.07, 6.45) is 9.56. The van der Waals surface area contributed by atoms with Gasteiger partial charge in [0.15, 0.2) is 0 Å². The van der Waals surface area contributed by atoms with Crippen LogP contribution in [0.5, 0.6) is 0 Å². The first-order valence-corrected chi connectivity index (χ1v) is 15.6. The highest BCUT2D eigenvalue weighted by Gasteiger charge is 2.69. The highest BCUT2D eigenvalue weighted by molar-refractivity contribution is 6.37. The first-order valence-electron chi connectivity index (χ1n) is 15.6. The molecule has 4 aliphatic rings. The van der Waals surface area contributed by atoms with Crippen molar-refractivity contribution in [3.63, 3.8) is 0 Å².